The molecular formula is C14H24N4O2. The molecule has 1 amide bonds. The summed E-state index contributed by atoms with van der Waals surface area (Å²) in [5.74, 6) is 0.482. The maximum atomic E-state index is 11.7. The van der Waals surface area contributed by atoms with Crippen LogP contribution in [0.1, 0.15) is 26.7 Å². The van der Waals surface area contributed by atoms with Gasteiger partial charge >= 0.3 is 0 Å². The third kappa shape index (κ3) is 4.52. The van der Waals surface area contributed by atoms with Crippen LogP contribution >= 0.6 is 0 Å². The zero-order valence-electron chi connectivity index (χ0n) is 12.4. The molecule has 112 valence electrons. The Morgan fingerprint density at radius 1 is 1.55 bits per heavy atom. The van der Waals surface area contributed by atoms with E-state index in [1.54, 1.807) is 18.0 Å². The van der Waals surface area contributed by atoms with Crippen LogP contribution in [0.5, 0.6) is 0 Å². The number of hydrogen-bond acceptors (Lipinski definition) is 4. The lowest BCUT2D eigenvalue weighted by atomic mass is 10.1. The van der Waals surface area contributed by atoms with E-state index in [1.807, 2.05) is 6.20 Å². The topological polar surface area (TPSA) is 68.2 Å². The maximum Gasteiger partial charge on any atom is 0.241 e. The van der Waals surface area contributed by atoms with Crippen LogP contribution < -0.4 is 10.6 Å². The fourth-order valence-electron chi connectivity index (χ4n) is 1.97. The number of rotatable bonds is 8. The highest BCUT2D eigenvalue weighted by atomic mass is 16.5. The Balaban J connectivity index is 1.85. The molecule has 6 nitrogen and oxygen atoms in total. The Morgan fingerprint density at radius 2 is 2.30 bits per heavy atom. The summed E-state index contributed by atoms with van der Waals surface area (Å²) in [4.78, 5) is 11.7. The van der Waals surface area contributed by atoms with E-state index in [-0.39, 0.29) is 18.5 Å². The van der Waals surface area contributed by atoms with Crippen molar-refractivity contribution >= 4 is 11.6 Å². The molecule has 1 atom stereocenters. The number of aromatic nitrogens is 2. The second kappa shape index (κ2) is 6.74. The molecule has 1 aliphatic carbocycles. The quantitative estimate of drug-likeness (QED) is 0.752. The van der Waals surface area contributed by atoms with Crippen molar-refractivity contribution in [1.82, 2.24) is 15.1 Å². The lowest BCUT2D eigenvalue weighted by Crippen LogP contribution is -2.30. The van der Waals surface area contributed by atoms with E-state index in [0.717, 1.165) is 18.5 Å². The number of nitrogens with one attached hydrogen (secondary N) is 2. The summed E-state index contributed by atoms with van der Waals surface area (Å²) in [6, 6.07) is 0.626. The molecule has 6 heteroatoms. The van der Waals surface area contributed by atoms with Gasteiger partial charge < -0.3 is 15.4 Å². The van der Waals surface area contributed by atoms with Gasteiger partial charge in [0.05, 0.1) is 24.5 Å². The molecule has 0 radical (unpaired) electrons. The van der Waals surface area contributed by atoms with Crippen LogP contribution in [0.15, 0.2) is 12.4 Å². The summed E-state index contributed by atoms with van der Waals surface area (Å²) in [5, 5.41) is 10.5. The SMILES string of the molecule is COCC(Nc1cnn(CC(=O)NC2CC2)c1)C(C)C. The van der Waals surface area contributed by atoms with Crippen molar-refractivity contribution in [2.45, 2.75) is 45.3 Å². The van der Waals surface area contributed by atoms with E-state index in [1.165, 1.54) is 0 Å². The van der Waals surface area contributed by atoms with Crippen molar-refractivity contribution in [2.75, 3.05) is 19.0 Å². The summed E-state index contributed by atoms with van der Waals surface area (Å²) in [7, 11) is 1.70. The summed E-state index contributed by atoms with van der Waals surface area (Å²) in [5.41, 5.74) is 0.917. The van der Waals surface area contributed by atoms with Crippen molar-refractivity contribution in [3.05, 3.63) is 12.4 Å². The highest BCUT2D eigenvalue weighted by Gasteiger charge is 2.23. The number of ether oxygens (including phenoxy) is 1. The Labute approximate surface area is 119 Å². The van der Waals surface area contributed by atoms with Gasteiger partial charge in [-0.3, -0.25) is 9.48 Å². The van der Waals surface area contributed by atoms with Crippen molar-refractivity contribution in [3.8, 4) is 0 Å². The molecule has 1 unspecified atom stereocenters. The first-order valence-corrected chi connectivity index (χ1v) is 7.15. The monoisotopic (exact) mass is 280 g/mol. The fourth-order valence-corrected chi connectivity index (χ4v) is 1.97. The first-order valence-electron chi connectivity index (χ1n) is 7.15. The Bertz CT molecular complexity index is 440. The molecule has 2 N–H and O–H groups in total. The lowest BCUT2D eigenvalue weighted by molar-refractivity contribution is -0.122. The molecule has 0 aromatic carbocycles. The van der Waals surface area contributed by atoms with Crippen LogP contribution in [-0.4, -0.2) is 41.5 Å². The largest absolute Gasteiger partial charge is 0.383 e. The van der Waals surface area contributed by atoms with Crippen LogP contribution in [0.25, 0.3) is 0 Å². The van der Waals surface area contributed by atoms with Crippen LogP contribution in [0, 0.1) is 5.92 Å². The molecule has 0 saturated heterocycles. The number of methoxy groups -OCH3 is 1. The van der Waals surface area contributed by atoms with Gasteiger partial charge in [-0.15, -0.1) is 0 Å². The van der Waals surface area contributed by atoms with Crippen molar-refractivity contribution in [2.24, 2.45) is 5.92 Å². The van der Waals surface area contributed by atoms with Gasteiger partial charge in [-0.25, -0.2) is 0 Å². The van der Waals surface area contributed by atoms with E-state index >= 15 is 0 Å². The molecule has 20 heavy (non-hydrogen) atoms. The average molecular weight is 280 g/mol. The molecule has 2 rings (SSSR count). The van der Waals surface area contributed by atoms with Crippen LogP contribution in [-0.2, 0) is 16.1 Å². The summed E-state index contributed by atoms with van der Waals surface area (Å²) in [6.07, 6.45) is 5.81. The van der Waals surface area contributed by atoms with E-state index in [9.17, 15) is 4.79 Å². The number of anilines is 1. The molecule has 0 spiro atoms. The fraction of sp³-hybridized carbons (Fsp3) is 0.714. The predicted octanol–water partition coefficient (Wildman–Crippen LogP) is 1.24. The normalized spacial score (nSPS) is 16.2. The van der Waals surface area contributed by atoms with E-state index in [0.29, 0.717) is 18.6 Å². The third-order valence-corrected chi connectivity index (χ3v) is 3.38. The first kappa shape index (κ1) is 14.8. The van der Waals surface area contributed by atoms with Crippen LogP contribution in [0.2, 0.25) is 0 Å². The van der Waals surface area contributed by atoms with Gasteiger partial charge in [-0.2, -0.15) is 5.10 Å². The second-order valence-electron chi connectivity index (χ2n) is 5.72. The maximum absolute atomic E-state index is 11.7. The minimum atomic E-state index is 0.0273. The molecule has 0 bridgehead atoms. The smallest absolute Gasteiger partial charge is 0.241 e. The summed E-state index contributed by atoms with van der Waals surface area (Å²) in [6.45, 7) is 5.20. The number of carbonyl (C=O) groups is 1. The van der Waals surface area contributed by atoms with E-state index < -0.39 is 0 Å². The van der Waals surface area contributed by atoms with Gasteiger partial charge in [0, 0.05) is 19.3 Å². The number of nitrogens with zero attached hydrogens (tertiary/aromatic N) is 2. The number of carbonyl (C=O) groups excluding carboxylic acids is 1. The highest BCUT2D eigenvalue weighted by Crippen LogP contribution is 2.18. The zero-order chi connectivity index (χ0) is 14.5. The van der Waals surface area contributed by atoms with Gasteiger partial charge in [-0.1, -0.05) is 13.8 Å². The zero-order valence-corrected chi connectivity index (χ0v) is 12.4. The molecule has 1 aromatic rings. The van der Waals surface area contributed by atoms with Gasteiger partial charge in [0.25, 0.3) is 0 Å². The number of hydrogen-bond donors (Lipinski definition) is 2. The predicted molar refractivity (Wildman–Crippen MR) is 77.5 cm³/mol. The first-order chi connectivity index (χ1) is 9.58. The van der Waals surface area contributed by atoms with Gasteiger partial charge in [-0.05, 0) is 18.8 Å². The standard InChI is InChI=1S/C14H24N4O2/c1-10(2)13(9-20-3)16-12-6-15-18(7-12)8-14(19)17-11-4-5-11/h6-7,10-11,13,16H,4-5,8-9H2,1-3H3,(H,17,19). The van der Waals surface area contributed by atoms with Crippen molar-refractivity contribution in [1.29, 1.82) is 0 Å². The van der Waals surface area contributed by atoms with Gasteiger partial charge in [0.2, 0.25) is 5.91 Å². The molecule has 1 aromatic heterocycles. The second-order valence-corrected chi connectivity index (χ2v) is 5.72. The molecule has 1 heterocycles. The van der Waals surface area contributed by atoms with Gasteiger partial charge in [0.15, 0.2) is 0 Å². The Kier molecular flexibility index (Phi) is 5.00. The molecule has 1 saturated carbocycles. The van der Waals surface area contributed by atoms with Gasteiger partial charge in [0.1, 0.15) is 6.54 Å². The Hall–Kier alpha value is -1.56. The average Bonchev–Trinajstić information content (AvgIpc) is 3.08. The number of amides is 1. The highest BCUT2D eigenvalue weighted by molar-refractivity contribution is 5.76. The summed E-state index contributed by atoms with van der Waals surface area (Å²) >= 11 is 0. The lowest BCUT2D eigenvalue weighted by Gasteiger charge is -2.21. The van der Waals surface area contributed by atoms with Crippen molar-refractivity contribution < 1.29 is 9.53 Å². The molecule has 0 aliphatic heterocycles. The molecule has 1 fully saturated rings. The Morgan fingerprint density at radius 3 is 2.90 bits per heavy atom. The van der Waals surface area contributed by atoms with Crippen LogP contribution in [0.4, 0.5) is 5.69 Å². The minimum Gasteiger partial charge on any atom is -0.383 e. The summed E-state index contributed by atoms with van der Waals surface area (Å²) < 4.78 is 6.86. The van der Waals surface area contributed by atoms with E-state index in [2.05, 4.69) is 29.6 Å². The van der Waals surface area contributed by atoms with Crippen molar-refractivity contribution in [3.63, 3.8) is 0 Å². The third-order valence-electron chi connectivity index (χ3n) is 3.38. The minimum absolute atomic E-state index is 0.0273. The van der Waals surface area contributed by atoms with Crippen LogP contribution in [0.3, 0.4) is 0 Å². The van der Waals surface area contributed by atoms with E-state index in [4.69, 9.17) is 4.74 Å². The molecule has 1 aliphatic rings. The molecular weight excluding hydrogens is 256 g/mol.